The van der Waals surface area contributed by atoms with Gasteiger partial charge in [-0.2, -0.15) is 0 Å². The summed E-state index contributed by atoms with van der Waals surface area (Å²) in [4.78, 5) is 12.4. The van der Waals surface area contributed by atoms with Gasteiger partial charge < -0.3 is 10.6 Å². The van der Waals surface area contributed by atoms with E-state index in [4.69, 9.17) is 0 Å². The number of amides is 1. The number of aryl methyl sites for hydroxylation is 2. The molecule has 0 aliphatic heterocycles. The first kappa shape index (κ1) is 14.1. The van der Waals surface area contributed by atoms with Crippen LogP contribution in [0.2, 0.25) is 0 Å². The second kappa shape index (κ2) is 6.24. The summed E-state index contributed by atoms with van der Waals surface area (Å²) in [6, 6.07) is 13.6. The fourth-order valence-electron chi connectivity index (χ4n) is 2.03. The lowest BCUT2D eigenvalue weighted by atomic mass is 10.1. The van der Waals surface area contributed by atoms with E-state index in [1.54, 1.807) is 0 Å². The first-order valence-electron chi connectivity index (χ1n) is 6.82. The lowest BCUT2D eigenvalue weighted by molar-refractivity contribution is 0.102. The molecular weight excluding hydrogens is 248 g/mol. The van der Waals surface area contributed by atoms with E-state index in [1.807, 2.05) is 63.2 Å². The van der Waals surface area contributed by atoms with Crippen molar-refractivity contribution in [1.82, 2.24) is 0 Å². The molecule has 20 heavy (non-hydrogen) atoms. The lowest BCUT2D eigenvalue weighted by Gasteiger charge is -2.12. The fourth-order valence-corrected chi connectivity index (χ4v) is 2.03. The molecule has 0 unspecified atom stereocenters. The van der Waals surface area contributed by atoms with Crippen molar-refractivity contribution in [1.29, 1.82) is 0 Å². The van der Waals surface area contributed by atoms with Gasteiger partial charge in [0.1, 0.15) is 0 Å². The molecule has 2 aromatic rings. The van der Waals surface area contributed by atoms with Gasteiger partial charge >= 0.3 is 0 Å². The van der Waals surface area contributed by atoms with E-state index in [-0.39, 0.29) is 5.91 Å². The summed E-state index contributed by atoms with van der Waals surface area (Å²) < 4.78 is 0. The second-order valence-electron chi connectivity index (χ2n) is 4.90. The van der Waals surface area contributed by atoms with Crippen molar-refractivity contribution in [2.75, 3.05) is 17.2 Å². The molecule has 0 aliphatic rings. The minimum atomic E-state index is -0.0893. The van der Waals surface area contributed by atoms with E-state index in [0.29, 0.717) is 5.56 Å². The van der Waals surface area contributed by atoms with Crippen LogP contribution in [0.4, 0.5) is 11.4 Å². The van der Waals surface area contributed by atoms with Gasteiger partial charge in [0.05, 0.1) is 5.56 Å². The molecule has 2 rings (SSSR count). The van der Waals surface area contributed by atoms with Crippen LogP contribution in [0.5, 0.6) is 0 Å². The molecular formula is C17H20N2O. The highest BCUT2D eigenvalue weighted by molar-refractivity contribution is 6.08. The second-order valence-corrected chi connectivity index (χ2v) is 4.90. The molecule has 0 saturated carbocycles. The zero-order valence-electron chi connectivity index (χ0n) is 12.2. The molecule has 3 nitrogen and oxygen atoms in total. The molecule has 0 atom stereocenters. The van der Waals surface area contributed by atoms with Crippen LogP contribution in [-0.4, -0.2) is 12.5 Å². The number of carbonyl (C=O) groups excluding carboxylic acids is 1. The summed E-state index contributed by atoms with van der Waals surface area (Å²) in [5.41, 5.74) is 4.59. The molecule has 0 heterocycles. The topological polar surface area (TPSA) is 41.1 Å². The van der Waals surface area contributed by atoms with E-state index < -0.39 is 0 Å². The molecule has 0 saturated heterocycles. The van der Waals surface area contributed by atoms with Crippen LogP contribution in [0.1, 0.15) is 28.4 Å². The van der Waals surface area contributed by atoms with Crippen molar-refractivity contribution in [2.24, 2.45) is 0 Å². The Kier molecular flexibility index (Phi) is 4.41. The molecule has 0 fully saturated rings. The number of hydrogen-bond donors (Lipinski definition) is 2. The van der Waals surface area contributed by atoms with Crippen molar-refractivity contribution in [3.8, 4) is 0 Å². The third-order valence-corrected chi connectivity index (χ3v) is 3.10. The summed E-state index contributed by atoms with van der Waals surface area (Å²) >= 11 is 0. The van der Waals surface area contributed by atoms with E-state index in [2.05, 4.69) is 10.6 Å². The first-order valence-corrected chi connectivity index (χ1v) is 6.82. The zero-order chi connectivity index (χ0) is 14.5. The van der Waals surface area contributed by atoms with E-state index in [0.717, 1.165) is 23.5 Å². The smallest absolute Gasteiger partial charge is 0.257 e. The third kappa shape index (κ3) is 3.38. The first-order chi connectivity index (χ1) is 9.60. The largest absolute Gasteiger partial charge is 0.385 e. The van der Waals surface area contributed by atoms with Crippen LogP contribution in [-0.2, 0) is 0 Å². The summed E-state index contributed by atoms with van der Waals surface area (Å²) in [5, 5.41) is 6.15. The van der Waals surface area contributed by atoms with Crippen LogP contribution in [0.15, 0.2) is 42.5 Å². The maximum atomic E-state index is 12.4. The third-order valence-electron chi connectivity index (χ3n) is 3.10. The number of hydrogen-bond acceptors (Lipinski definition) is 2. The van der Waals surface area contributed by atoms with Crippen molar-refractivity contribution in [3.05, 3.63) is 59.2 Å². The summed E-state index contributed by atoms with van der Waals surface area (Å²) in [6.45, 7) is 6.81. The van der Waals surface area contributed by atoms with Crippen molar-refractivity contribution < 1.29 is 4.79 Å². The van der Waals surface area contributed by atoms with Crippen molar-refractivity contribution >= 4 is 17.3 Å². The average molecular weight is 268 g/mol. The van der Waals surface area contributed by atoms with Crippen LogP contribution in [0, 0.1) is 13.8 Å². The van der Waals surface area contributed by atoms with E-state index in [1.165, 1.54) is 5.56 Å². The summed E-state index contributed by atoms with van der Waals surface area (Å²) in [7, 11) is 0. The Balaban J connectivity index is 2.23. The molecule has 0 bridgehead atoms. The van der Waals surface area contributed by atoms with Gasteiger partial charge in [0.25, 0.3) is 5.91 Å². The highest BCUT2D eigenvalue weighted by atomic mass is 16.1. The monoisotopic (exact) mass is 268 g/mol. The summed E-state index contributed by atoms with van der Waals surface area (Å²) in [6.07, 6.45) is 0. The molecule has 104 valence electrons. The number of anilines is 2. The summed E-state index contributed by atoms with van der Waals surface area (Å²) in [5.74, 6) is -0.0893. The van der Waals surface area contributed by atoms with Crippen LogP contribution in [0.3, 0.4) is 0 Å². The van der Waals surface area contributed by atoms with Crippen molar-refractivity contribution in [3.63, 3.8) is 0 Å². The quantitative estimate of drug-likeness (QED) is 0.880. The Labute approximate surface area is 120 Å². The van der Waals surface area contributed by atoms with Gasteiger partial charge in [0, 0.05) is 17.9 Å². The molecule has 0 aliphatic carbocycles. The maximum absolute atomic E-state index is 12.4. The predicted molar refractivity (Wildman–Crippen MR) is 84.5 cm³/mol. The van der Waals surface area contributed by atoms with Crippen molar-refractivity contribution in [2.45, 2.75) is 20.8 Å². The molecule has 2 aromatic carbocycles. The Morgan fingerprint density at radius 2 is 1.65 bits per heavy atom. The molecule has 1 amide bonds. The minimum absolute atomic E-state index is 0.0893. The van der Waals surface area contributed by atoms with Crippen LogP contribution >= 0.6 is 0 Å². The van der Waals surface area contributed by atoms with Crippen LogP contribution < -0.4 is 10.6 Å². The predicted octanol–water partition coefficient (Wildman–Crippen LogP) is 3.99. The molecule has 3 heteroatoms. The Hall–Kier alpha value is -2.29. The SMILES string of the molecule is CCNc1ccc(C)cc1C(=O)Nc1ccc(C)cc1. The zero-order valence-corrected chi connectivity index (χ0v) is 12.2. The number of nitrogens with one attached hydrogen (secondary N) is 2. The lowest BCUT2D eigenvalue weighted by Crippen LogP contribution is -2.15. The number of rotatable bonds is 4. The Bertz CT molecular complexity index is 603. The maximum Gasteiger partial charge on any atom is 0.257 e. The molecule has 0 radical (unpaired) electrons. The van der Waals surface area contributed by atoms with Gasteiger partial charge in [-0.05, 0) is 45.0 Å². The van der Waals surface area contributed by atoms with Crippen LogP contribution in [0.25, 0.3) is 0 Å². The van der Waals surface area contributed by atoms with Gasteiger partial charge in [-0.25, -0.2) is 0 Å². The fraction of sp³-hybridized carbons (Fsp3) is 0.235. The number of benzene rings is 2. The highest BCUT2D eigenvalue weighted by Gasteiger charge is 2.11. The van der Waals surface area contributed by atoms with E-state index >= 15 is 0 Å². The minimum Gasteiger partial charge on any atom is -0.385 e. The highest BCUT2D eigenvalue weighted by Crippen LogP contribution is 2.19. The van der Waals surface area contributed by atoms with Gasteiger partial charge in [0.2, 0.25) is 0 Å². The van der Waals surface area contributed by atoms with Gasteiger partial charge in [-0.3, -0.25) is 4.79 Å². The molecule has 0 aromatic heterocycles. The Morgan fingerprint density at radius 3 is 2.30 bits per heavy atom. The Morgan fingerprint density at radius 1 is 1.00 bits per heavy atom. The van der Waals surface area contributed by atoms with Gasteiger partial charge in [0.15, 0.2) is 0 Å². The molecule has 2 N–H and O–H groups in total. The standard InChI is InChI=1S/C17H20N2O/c1-4-18-16-10-7-13(3)11-15(16)17(20)19-14-8-5-12(2)6-9-14/h5-11,18H,4H2,1-3H3,(H,19,20). The molecule has 0 spiro atoms. The van der Waals surface area contributed by atoms with E-state index in [9.17, 15) is 4.79 Å². The number of carbonyl (C=O) groups is 1. The van der Waals surface area contributed by atoms with Gasteiger partial charge in [-0.15, -0.1) is 0 Å². The normalized spacial score (nSPS) is 10.2. The van der Waals surface area contributed by atoms with Gasteiger partial charge in [-0.1, -0.05) is 29.3 Å². The average Bonchev–Trinajstić information content (AvgIpc) is 2.43.